The van der Waals surface area contributed by atoms with Gasteiger partial charge in [0.1, 0.15) is 5.82 Å². The van der Waals surface area contributed by atoms with Gasteiger partial charge in [0.25, 0.3) is 0 Å². The van der Waals surface area contributed by atoms with E-state index in [1.165, 1.54) is 30.6 Å². The number of carbonyl (C=O) groups is 1. The lowest BCUT2D eigenvalue weighted by atomic mass is 10.0. The first-order chi connectivity index (χ1) is 13.0. The average Bonchev–Trinajstić information content (AvgIpc) is 3.12. The van der Waals surface area contributed by atoms with Crippen LogP contribution in [-0.2, 0) is 10.3 Å². The van der Waals surface area contributed by atoms with Crippen LogP contribution >= 0.6 is 11.8 Å². The van der Waals surface area contributed by atoms with Gasteiger partial charge >= 0.3 is 0 Å². The van der Waals surface area contributed by atoms with Crippen LogP contribution in [0.3, 0.4) is 0 Å². The maximum atomic E-state index is 12.8. The second-order valence-corrected chi connectivity index (χ2v) is 10.2. The van der Waals surface area contributed by atoms with E-state index in [0.717, 1.165) is 29.7 Å². The van der Waals surface area contributed by atoms with E-state index < -0.39 is 5.54 Å². The molecule has 0 aromatic carbocycles. The van der Waals surface area contributed by atoms with Gasteiger partial charge in [0.15, 0.2) is 0 Å². The molecule has 3 fully saturated rings. The Balaban J connectivity index is 1.38. The van der Waals surface area contributed by atoms with Gasteiger partial charge < -0.3 is 15.0 Å². The number of amides is 1. The minimum absolute atomic E-state index is 0.185. The molecular formula is C21H28N4OS. The quantitative estimate of drug-likeness (QED) is 0.831. The fourth-order valence-corrected chi connectivity index (χ4v) is 6.36. The Labute approximate surface area is 164 Å². The molecule has 2 aliphatic carbocycles. The van der Waals surface area contributed by atoms with Crippen LogP contribution in [0.1, 0.15) is 45.4 Å². The highest BCUT2D eigenvalue weighted by Gasteiger charge is 2.57. The van der Waals surface area contributed by atoms with Crippen molar-refractivity contribution < 1.29 is 4.79 Å². The second kappa shape index (κ2) is 6.52. The lowest BCUT2D eigenvalue weighted by molar-refractivity contribution is -0.124. The molecule has 0 radical (unpaired) electrons. The zero-order valence-electron chi connectivity index (χ0n) is 16.1. The van der Waals surface area contributed by atoms with Gasteiger partial charge in [-0.05, 0) is 63.7 Å². The first kappa shape index (κ1) is 17.6. The lowest BCUT2D eigenvalue weighted by Gasteiger charge is -2.26. The molecule has 1 aliphatic heterocycles. The van der Waals surface area contributed by atoms with Crippen molar-refractivity contribution in [3.05, 3.63) is 30.4 Å². The van der Waals surface area contributed by atoms with Gasteiger partial charge in [-0.1, -0.05) is 12.8 Å². The van der Waals surface area contributed by atoms with Crippen molar-refractivity contribution in [1.29, 1.82) is 0 Å². The number of fused-ring (bicyclic) bond motifs is 2. The highest BCUT2D eigenvalue weighted by atomic mass is 32.2. The van der Waals surface area contributed by atoms with Crippen LogP contribution in [-0.4, -0.2) is 33.6 Å². The molecule has 1 saturated heterocycles. The molecule has 0 bridgehead atoms. The zero-order valence-corrected chi connectivity index (χ0v) is 16.9. The summed E-state index contributed by atoms with van der Waals surface area (Å²) in [5.41, 5.74) is 0.656. The van der Waals surface area contributed by atoms with Gasteiger partial charge in [-0.3, -0.25) is 4.79 Å². The van der Waals surface area contributed by atoms with Crippen LogP contribution in [0.2, 0.25) is 0 Å². The highest BCUT2D eigenvalue weighted by Crippen LogP contribution is 2.49. The van der Waals surface area contributed by atoms with Crippen LogP contribution in [0.5, 0.6) is 0 Å². The van der Waals surface area contributed by atoms with Crippen LogP contribution in [0.25, 0.3) is 5.52 Å². The van der Waals surface area contributed by atoms with Crippen molar-refractivity contribution in [2.75, 3.05) is 13.1 Å². The summed E-state index contributed by atoms with van der Waals surface area (Å²) in [6.07, 6.45) is 9.36. The number of piperidine rings is 1. The van der Waals surface area contributed by atoms with E-state index in [1.54, 1.807) is 0 Å². The normalized spacial score (nSPS) is 27.9. The highest BCUT2D eigenvalue weighted by molar-refractivity contribution is 8.00. The van der Waals surface area contributed by atoms with E-state index in [-0.39, 0.29) is 11.8 Å². The number of thioether (sulfide) groups is 1. The third-order valence-corrected chi connectivity index (χ3v) is 7.92. The van der Waals surface area contributed by atoms with E-state index in [4.69, 9.17) is 4.98 Å². The predicted molar refractivity (Wildman–Crippen MR) is 108 cm³/mol. The number of carbonyl (C=O) groups excluding carboxylic acids is 1. The van der Waals surface area contributed by atoms with Gasteiger partial charge in [0, 0.05) is 22.3 Å². The summed E-state index contributed by atoms with van der Waals surface area (Å²) in [5.74, 6) is 2.35. The van der Waals surface area contributed by atoms with Crippen molar-refractivity contribution in [2.45, 2.75) is 55.2 Å². The van der Waals surface area contributed by atoms with E-state index in [0.29, 0.717) is 11.8 Å². The SMILES string of the molecule is CC(C)(NC(=O)C1[C@H]2CNC[C@@H]12)c1ncc2c(SC3CCCC3)cccn12. The molecule has 27 heavy (non-hydrogen) atoms. The van der Waals surface area contributed by atoms with Crippen molar-refractivity contribution >= 4 is 23.2 Å². The third kappa shape index (κ3) is 3.07. The van der Waals surface area contributed by atoms with Gasteiger partial charge in [0.05, 0.1) is 17.3 Å². The van der Waals surface area contributed by atoms with Crippen LogP contribution in [0.4, 0.5) is 0 Å². The smallest absolute Gasteiger partial charge is 0.224 e. The number of rotatable bonds is 5. The molecule has 1 unspecified atom stereocenters. The molecule has 3 atom stereocenters. The molecular weight excluding hydrogens is 356 g/mol. The summed E-state index contributed by atoms with van der Waals surface area (Å²) < 4.78 is 2.16. The topological polar surface area (TPSA) is 58.4 Å². The lowest BCUT2D eigenvalue weighted by Crippen LogP contribution is -2.44. The Kier molecular flexibility index (Phi) is 4.24. The Morgan fingerprint density at radius 1 is 1.30 bits per heavy atom. The number of aromatic nitrogens is 2. The predicted octanol–water partition coefficient (Wildman–Crippen LogP) is 3.19. The van der Waals surface area contributed by atoms with Gasteiger partial charge in [-0.15, -0.1) is 11.8 Å². The van der Waals surface area contributed by atoms with Crippen molar-refractivity contribution in [3.8, 4) is 0 Å². The monoisotopic (exact) mass is 384 g/mol. The molecule has 0 spiro atoms. The molecule has 3 heterocycles. The standard InChI is InChI=1S/C21H28N4OS/c1-21(2,24-19(26)18-14-10-22-11-15(14)18)20-23-12-16-17(8-5-9-25(16)20)27-13-6-3-4-7-13/h5,8-9,12-15,18,22H,3-4,6-7,10-11H2,1-2H3,(H,24,26)/t14-,15+,18?. The summed E-state index contributed by atoms with van der Waals surface area (Å²) in [7, 11) is 0. The molecule has 5 rings (SSSR count). The Morgan fingerprint density at radius 2 is 2.04 bits per heavy atom. The first-order valence-corrected chi connectivity index (χ1v) is 11.1. The zero-order chi connectivity index (χ0) is 18.6. The van der Waals surface area contributed by atoms with Crippen molar-refractivity contribution in [1.82, 2.24) is 20.0 Å². The summed E-state index contributed by atoms with van der Waals surface area (Å²) in [5, 5.41) is 7.36. The van der Waals surface area contributed by atoms with Crippen LogP contribution in [0.15, 0.2) is 29.4 Å². The Hall–Kier alpha value is -1.53. The molecule has 144 valence electrons. The summed E-state index contributed by atoms with van der Waals surface area (Å²) in [4.78, 5) is 18.8. The summed E-state index contributed by atoms with van der Waals surface area (Å²) in [6.45, 7) is 6.09. The van der Waals surface area contributed by atoms with Crippen LogP contribution < -0.4 is 10.6 Å². The molecule has 2 aromatic heterocycles. The average molecular weight is 385 g/mol. The van der Waals surface area contributed by atoms with Gasteiger partial charge in [-0.25, -0.2) is 4.98 Å². The second-order valence-electron chi connectivity index (χ2n) is 8.86. The molecule has 2 N–H and O–H groups in total. The van der Waals surface area contributed by atoms with E-state index in [9.17, 15) is 4.79 Å². The molecule has 3 aliphatic rings. The van der Waals surface area contributed by atoms with Crippen molar-refractivity contribution in [3.63, 3.8) is 0 Å². The minimum Gasteiger partial charge on any atom is -0.344 e. The van der Waals surface area contributed by atoms with E-state index in [1.807, 2.05) is 18.0 Å². The number of hydrogen-bond acceptors (Lipinski definition) is 4. The van der Waals surface area contributed by atoms with Gasteiger partial charge in [-0.2, -0.15) is 0 Å². The number of nitrogens with one attached hydrogen (secondary N) is 2. The van der Waals surface area contributed by atoms with E-state index in [2.05, 4.69) is 47.2 Å². The van der Waals surface area contributed by atoms with Crippen LogP contribution in [0, 0.1) is 17.8 Å². The molecule has 2 aromatic rings. The fourth-order valence-electron chi connectivity index (χ4n) is 5.00. The Bertz CT molecular complexity index is 860. The fraction of sp³-hybridized carbons (Fsp3) is 0.619. The number of nitrogens with zero attached hydrogens (tertiary/aromatic N) is 2. The summed E-state index contributed by atoms with van der Waals surface area (Å²) >= 11 is 1.99. The third-order valence-electron chi connectivity index (χ3n) is 6.52. The largest absolute Gasteiger partial charge is 0.344 e. The van der Waals surface area contributed by atoms with Crippen molar-refractivity contribution in [2.24, 2.45) is 17.8 Å². The number of imidazole rings is 1. The van der Waals surface area contributed by atoms with Gasteiger partial charge in [0.2, 0.25) is 5.91 Å². The summed E-state index contributed by atoms with van der Waals surface area (Å²) in [6, 6.07) is 4.30. The molecule has 5 nitrogen and oxygen atoms in total. The molecule has 1 amide bonds. The minimum atomic E-state index is -0.496. The molecule has 6 heteroatoms. The maximum absolute atomic E-state index is 12.8. The number of hydrogen-bond donors (Lipinski definition) is 2. The Morgan fingerprint density at radius 3 is 2.78 bits per heavy atom. The van der Waals surface area contributed by atoms with E-state index >= 15 is 0 Å². The first-order valence-electron chi connectivity index (χ1n) is 10.2. The number of pyridine rings is 1. The molecule has 2 saturated carbocycles. The maximum Gasteiger partial charge on any atom is 0.224 e.